The summed E-state index contributed by atoms with van der Waals surface area (Å²) < 4.78 is 23.7. The number of hydrogen-bond donors (Lipinski definition) is 1. The second kappa shape index (κ2) is 6.81. The smallest absolute Gasteiger partial charge is 0.258 e. The van der Waals surface area contributed by atoms with E-state index in [4.69, 9.17) is 0 Å². The Balaban J connectivity index is 2.07. The lowest BCUT2D eigenvalue weighted by atomic mass is 10.2. The highest BCUT2D eigenvalue weighted by molar-refractivity contribution is 7.88. The number of nitro groups is 1. The van der Waals surface area contributed by atoms with Gasteiger partial charge in [0.05, 0.1) is 22.5 Å². The molecule has 0 unspecified atom stereocenters. The van der Waals surface area contributed by atoms with Crippen LogP contribution in [0.2, 0.25) is 0 Å². The highest BCUT2D eigenvalue weighted by atomic mass is 32.2. The lowest BCUT2D eigenvalue weighted by Gasteiger charge is -2.03. The zero-order chi connectivity index (χ0) is 16.0. The van der Waals surface area contributed by atoms with Crippen molar-refractivity contribution in [1.29, 1.82) is 0 Å². The van der Waals surface area contributed by atoms with Crippen molar-refractivity contribution in [3.05, 3.63) is 75.8 Å². The van der Waals surface area contributed by atoms with E-state index in [1.54, 1.807) is 36.4 Å². The Labute approximate surface area is 127 Å². The molecule has 2 aromatic carbocycles. The summed E-state index contributed by atoms with van der Waals surface area (Å²) in [4.78, 5) is 12.3. The van der Waals surface area contributed by atoms with Gasteiger partial charge in [-0.3, -0.25) is 10.1 Å². The normalized spacial score (nSPS) is 11.5. The van der Waals surface area contributed by atoms with Crippen LogP contribution < -0.4 is 4.83 Å². The molecule has 0 spiro atoms. The molecule has 0 aromatic heterocycles. The second-order valence-electron chi connectivity index (χ2n) is 4.41. The van der Waals surface area contributed by atoms with Gasteiger partial charge in [-0.1, -0.05) is 42.5 Å². The number of para-hydroxylation sites is 1. The van der Waals surface area contributed by atoms with Crippen LogP contribution in [0.25, 0.3) is 0 Å². The number of rotatable bonds is 6. The third-order valence-corrected chi connectivity index (χ3v) is 3.83. The summed E-state index contributed by atoms with van der Waals surface area (Å²) in [5.41, 5.74) is 0.694. The molecule has 2 aromatic rings. The van der Waals surface area contributed by atoms with E-state index in [1.165, 1.54) is 18.2 Å². The molecule has 8 heteroatoms. The molecule has 2 rings (SSSR count). The summed E-state index contributed by atoms with van der Waals surface area (Å²) in [6, 6.07) is 14.6. The molecule has 0 aliphatic rings. The molecule has 0 heterocycles. The number of sulfonamides is 1. The summed E-state index contributed by atoms with van der Waals surface area (Å²) >= 11 is 0. The Morgan fingerprint density at radius 2 is 1.73 bits per heavy atom. The van der Waals surface area contributed by atoms with Crippen LogP contribution in [0.15, 0.2) is 59.7 Å². The van der Waals surface area contributed by atoms with Gasteiger partial charge in [0.15, 0.2) is 0 Å². The van der Waals surface area contributed by atoms with Crippen molar-refractivity contribution in [2.75, 3.05) is 0 Å². The molecule has 0 aliphatic heterocycles. The Morgan fingerprint density at radius 3 is 2.41 bits per heavy atom. The second-order valence-corrected chi connectivity index (χ2v) is 6.11. The topological polar surface area (TPSA) is 102 Å². The van der Waals surface area contributed by atoms with Crippen molar-refractivity contribution in [2.24, 2.45) is 5.10 Å². The van der Waals surface area contributed by atoms with Gasteiger partial charge in [-0.15, -0.1) is 0 Å². The Kier molecular flexibility index (Phi) is 4.84. The minimum atomic E-state index is -3.66. The number of hydrazone groups is 1. The fourth-order valence-corrected chi connectivity index (χ4v) is 2.67. The number of nitrogens with zero attached hydrogens (tertiary/aromatic N) is 2. The summed E-state index contributed by atoms with van der Waals surface area (Å²) in [7, 11) is -3.66. The molecule has 22 heavy (non-hydrogen) atoms. The first kappa shape index (κ1) is 15.6. The maximum atomic E-state index is 11.9. The number of nitro benzene ring substituents is 1. The molecule has 0 saturated carbocycles. The first-order valence-electron chi connectivity index (χ1n) is 6.28. The predicted molar refractivity (Wildman–Crippen MR) is 82.9 cm³/mol. The van der Waals surface area contributed by atoms with E-state index in [0.29, 0.717) is 5.56 Å². The fraction of sp³-hybridized carbons (Fsp3) is 0.0714. The lowest BCUT2D eigenvalue weighted by molar-refractivity contribution is -0.385. The lowest BCUT2D eigenvalue weighted by Crippen LogP contribution is -2.20. The molecule has 0 radical (unpaired) electrons. The van der Waals surface area contributed by atoms with Crippen LogP contribution in [0.5, 0.6) is 0 Å². The fourth-order valence-electron chi connectivity index (χ4n) is 1.77. The minimum Gasteiger partial charge on any atom is -0.258 e. The molecule has 0 fully saturated rings. The van der Waals surface area contributed by atoms with Crippen LogP contribution in [0, 0.1) is 10.1 Å². The van der Waals surface area contributed by atoms with Crippen molar-refractivity contribution in [3.63, 3.8) is 0 Å². The van der Waals surface area contributed by atoms with Gasteiger partial charge in [-0.05, 0) is 11.6 Å². The summed E-state index contributed by atoms with van der Waals surface area (Å²) in [5.74, 6) is -0.220. The molecular weight excluding hydrogens is 306 g/mol. The first-order valence-corrected chi connectivity index (χ1v) is 7.93. The van der Waals surface area contributed by atoms with Crippen molar-refractivity contribution < 1.29 is 13.3 Å². The van der Waals surface area contributed by atoms with E-state index < -0.39 is 14.9 Å². The van der Waals surface area contributed by atoms with Crippen molar-refractivity contribution in [1.82, 2.24) is 4.83 Å². The van der Waals surface area contributed by atoms with Gasteiger partial charge in [-0.25, -0.2) is 13.2 Å². The van der Waals surface area contributed by atoms with Gasteiger partial charge in [-0.2, -0.15) is 5.10 Å². The molecule has 1 N–H and O–H groups in total. The monoisotopic (exact) mass is 319 g/mol. The predicted octanol–water partition coefficient (Wildman–Crippen LogP) is 2.05. The SMILES string of the molecule is O=[N+]([O-])c1ccccc1/C=N/NS(=O)(=O)Cc1ccccc1. The standard InChI is InChI=1S/C14H13N3O4S/c18-17(19)14-9-5-4-8-13(14)10-15-16-22(20,21)11-12-6-2-1-3-7-12/h1-10,16H,11H2/b15-10+. The van der Waals surface area contributed by atoms with Crippen LogP contribution in [-0.2, 0) is 15.8 Å². The highest BCUT2D eigenvalue weighted by Gasteiger charge is 2.12. The molecule has 114 valence electrons. The molecule has 0 aliphatic carbocycles. The van der Waals surface area contributed by atoms with Crippen molar-refractivity contribution in [3.8, 4) is 0 Å². The maximum Gasteiger partial charge on any atom is 0.278 e. The number of benzene rings is 2. The van der Waals surface area contributed by atoms with E-state index in [1.807, 2.05) is 4.83 Å². The summed E-state index contributed by atoms with van der Waals surface area (Å²) in [6.07, 6.45) is 1.11. The van der Waals surface area contributed by atoms with Crippen LogP contribution in [0.3, 0.4) is 0 Å². The Hall–Kier alpha value is -2.74. The molecule has 0 saturated heterocycles. The molecule has 0 atom stereocenters. The van der Waals surface area contributed by atoms with Gasteiger partial charge in [0.25, 0.3) is 15.7 Å². The van der Waals surface area contributed by atoms with E-state index in [2.05, 4.69) is 5.10 Å². The average Bonchev–Trinajstić information content (AvgIpc) is 2.48. The molecule has 7 nitrogen and oxygen atoms in total. The van der Waals surface area contributed by atoms with Crippen LogP contribution in [0.1, 0.15) is 11.1 Å². The minimum absolute atomic E-state index is 0.145. The van der Waals surface area contributed by atoms with Crippen LogP contribution >= 0.6 is 0 Å². The number of hydrogen-bond acceptors (Lipinski definition) is 5. The Morgan fingerprint density at radius 1 is 1.09 bits per heavy atom. The first-order chi connectivity index (χ1) is 10.5. The quantitative estimate of drug-likeness (QED) is 0.500. The molecule has 0 bridgehead atoms. The van der Waals surface area contributed by atoms with E-state index in [-0.39, 0.29) is 17.0 Å². The largest absolute Gasteiger partial charge is 0.278 e. The van der Waals surface area contributed by atoms with E-state index >= 15 is 0 Å². The third-order valence-electron chi connectivity index (χ3n) is 2.73. The highest BCUT2D eigenvalue weighted by Crippen LogP contribution is 2.15. The third kappa shape index (κ3) is 4.38. The van der Waals surface area contributed by atoms with Gasteiger partial charge in [0.2, 0.25) is 0 Å². The Bertz CT molecular complexity index is 789. The zero-order valence-corrected chi connectivity index (χ0v) is 12.2. The average molecular weight is 319 g/mol. The summed E-state index contributed by atoms with van der Waals surface area (Å²) in [6.45, 7) is 0. The van der Waals surface area contributed by atoms with E-state index in [9.17, 15) is 18.5 Å². The van der Waals surface area contributed by atoms with Gasteiger partial charge >= 0.3 is 0 Å². The molecular formula is C14H13N3O4S. The number of nitrogens with one attached hydrogen (secondary N) is 1. The van der Waals surface area contributed by atoms with Gasteiger partial charge < -0.3 is 0 Å². The molecule has 0 amide bonds. The van der Waals surface area contributed by atoms with Gasteiger partial charge in [0.1, 0.15) is 0 Å². The summed E-state index contributed by atoms with van der Waals surface area (Å²) in [5, 5.41) is 14.4. The van der Waals surface area contributed by atoms with E-state index in [0.717, 1.165) is 6.21 Å². The van der Waals surface area contributed by atoms with Crippen LogP contribution in [-0.4, -0.2) is 19.6 Å². The maximum absolute atomic E-state index is 11.9. The van der Waals surface area contributed by atoms with Gasteiger partial charge in [0, 0.05) is 6.07 Å². The zero-order valence-electron chi connectivity index (χ0n) is 11.4. The van der Waals surface area contributed by atoms with Crippen molar-refractivity contribution >= 4 is 21.9 Å². The van der Waals surface area contributed by atoms with Crippen molar-refractivity contribution in [2.45, 2.75) is 5.75 Å². The van der Waals surface area contributed by atoms with Crippen LogP contribution in [0.4, 0.5) is 5.69 Å².